The smallest absolute Gasteiger partial charge is 0.305 e. The van der Waals surface area contributed by atoms with Crippen LogP contribution in [0.2, 0.25) is 0 Å². The minimum Gasteiger partial charge on any atom is -0.481 e. The Morgan fingerprint density at radius 1 is 1.00 bits per heavy atom. The van der Waals surface area contributed by atoms with E-state index in [-0.39, 0.29) is 19.1 Å². The lowest BCUT2D eigenvalue weighted by Crippen LogP contribution is -2.53. The Morgan fingerprint density at radius 3 is 2.31 bits per heavy atom. The summed E-state index contributed by atoms with van der Waals surface area (Å²) in [6, 6.07) is -1.76. The summed E-state index contributed by atoms with van der Waals surface area (Å²) in [5.41, 5.74) is 0. The van der Waals surface area contributed by atoms with Gasteiger partial charge in [-0.05, 0) is 64.0 Å². The number of aliphatic hydroxyl groups excluding tert-OH is 1. The number of aliphatic carboxylic acids is 1. The van der Waals surface area contributed by atoms with E-state index in [9.17, 15) is 29.4 Å². The Morgan fingerprint density at radius 2 is 1.69 bits per heavy atom. The van der Waals surface area contributed by atoms with Gasteiger partial charge in [0.05, 0.1) is 25.6 Å². The Hall–Kier alpha value is -2.20. The quantitative estimate of drug-likeness (QED) is 0.224. The van der Waals surface area contributed by atoms with E-state index in [1.807, 2.05) is 0 Å². The predicted octanol–water partition coefficient (Wildman–Crippen LogP) is 1.41. The summed E-state index contributed by atoms with van der Waals surface area (Å²) in [4.78, 5) is 50.9. The number of hydrogen-bond acceptors (Lipinski definition) is 6. The zero-order chi connectivity index (χ0) is 26.3. The first-order valence-corrected chi connectivity index (χ1v) is 13.7. The number of nitrogens with zero attached hydrogens (tertiary/aromatic N) is 1. The number of carboxylic acid groups (broad SMARTS) is 1. The molecule has 2 fully saturated rings. The maximum absolute atomic E-state index is 12.8. The Bertz CT molecular complexity index is 707. The fourth-order valence-electron chi connectivity index (χ4n) is 5.35. The van der Waals surface area contributed by atoms with Gasteiger partial charge in [-0.25, -0.2) is 0 Å². The second-order valence-electron chi connectivity index (χ2n) is 10.3. The summed E-state index contributed by atoms with van der Waals surface area (Å²) in [6.45, 7) is 3.71. The Balaban J connectivity index is 1.84. The van der Waals surface area contributed by atoms with Gasteiger partial charge in [-0.3, -0.25) is 19.2 Å². The summed E-state index contributed by atoms with van der Waals surface area (Å²) in [5.74, 6) is -1.48. The molecule has 1 saturated carbocycles. The van der Waals surface area contributed by atoms with Crippen molar-refractivity contribution < 1.29 is 29.4 Å². The molecule has 2 atom stereocenters. The van der Waals surface area contributed by atoms with Crippen LogP contribution < -0.4 is 16.0 Å². The molecular weight excluding hydrogens is 464 g/mol. The number of carbonyl (C=O) groups is 4. The molecule has 10 heteroatoms. The third-order valence-corrected chi connectivity index (χ3v) is 7.47. The summed E-state index contributed by atoms with van der Waals surface area (Å²) in [5, 5.41) is 27.6. The maximum Gasteiger partial charge on any atom is 0.305 e. The molecule has 0 aromatic carbocycles. The summed E-state index contributed by atoms with van der Waals surface area (Å²) < 4.78 is 0. The number of piperidine rings is 1. The fourth-order valence-corrected chi connectivity index (χ4v) is 5.35. The number of rotatable bonds is 15. The molecule has 0 radical (unpaired) electrons. The Labute approximate surface area is 214 Å². The molecule has 0 aromatic rings. The van der Waals surface area contributed by atoms with E-state index in [0.717, 1.165) is 64.5 Å². The first kappa shape index (κ1) is 30.0. The first-order valence-electron chi connectivity index (χ1n) is 13.7. The van der Waals surface area contributed by atoms with Crippen LogP contribution in [0.4, 0.5) is 0 Å². The molecule has 36 heavy (non-hydrogen) atoms. The van der Waals surface area contributed by atoms with Crippen molar-refractivity contribution in [3.05, 3.63) is 0 Å². The number of amides is 3. The SMILES string of the molecule is CCN(CC(=O)N[C@@H](CC(=O)O)C(=O)N[C@@H](CO)CC1CCCCC1)C(=O)CCCC1CCNCC1. The minimum absolute atomic E-state index is 0.117. The van der Waals surface area contributed by atoms with Crippen LogP contribution >= 0.6 is 0 Å². The molecule has 5 N–H and O–H groups in total. The van der Waals surface area contributed by atoms with Crippen LogP contribution in [0.5, 0.6) is 0 Å². The molecule has 206 valence electrons. The number of carbonyl (C=O) groups excluding carboxylic acids is 3. The van der Waals surface area contributed by atoms with Gasteiger partial charge in [-0.1, -0.05) is 32.1 Å². The van der Waals surface area contributed by atoms with Crippen LogP contribution in [-0.4, -0.2) is 83.7 Å². The zero-order valence-electron chi connectivity index (χ0n) is 21.8. The standard InChI is InChI=1S/C26H46N4O6/c1-2-30(24(33)10-6-9-19-11-13-27-14-12-19)17-23(32)29-22(16-25(34)35)26(36)28-21(18-31)15-20-7-4-3-5-8-20/h19-22,27,31H,2-18H2,1H3,(H,28,36)(H,29,32)(H,34,35)/t21-,22+/m1/s1. The highest BCUT2D eigenvalue weighted by Gasteiger charge is 2.28. The lowest BCUT2D eigenvalue weighted by atomic mass is 9.85. The average Bonchev–Trinajstić information content (AvgIpc) is 2.87. The van der Waals surface area contributed by atoms with Crippen molar-refractivity contribution in [3.63, 3.8) is 0 Å². The van der Waals surface area contributed by atoms with E-state index < -0.39 is 36.3 Å². The molecule has 3 amide bonds. The number of hydrogen-bond donors (Lipinski definition) is 5. The van der Waals surface area contributed by atoms with Crippen LogP contribution in [0.3, 0.4) is 0 Å². The van der Waals surface area contributed by atoms with E-state index in [0.29, 0.717) is 31.2 Å². The lowest BCUT2D eigenvalue weighted by Gasteiger charge is -2.28. The number of nitrogens with one attached hydrogen (secondary N) is 3. The van der Waals surface area contributed by atoms with Crippen LogP contribution in [0.25, 0.3) is 0 Å². The van der Waals surface area contributed by atoms with E-state index in [2.05, 4.69) is 16.0 Å². The zero-order valence-corrected chi connectivity index (χ0v) is 21.8. The topological polar surface area (TPSA) is 148 Å². The second kappa shape index (κ2) is 16.5. The molecule has 2 aliphatic rings. The van der Waals surface area contributed by atoms with Crippen molar-refractivity contribution in [2.75, 3.05) is 32.8 Å². The van der Waals surface area contributed by atoms with Crippen molar-refractivity contribution >= 4 is 23.7 Å². The molecule has 0 unspecified atom stereocenters. The maximum atomic E-state index is 12.8. The van der Waals surface area contributed by atoms with Crippen molar-refractivity contribution in [3.8, 4) is 0 Å². The number of carboxylic acids is 1. The van der Waals surface area contributed by atoms with Crippen LogP contribution in [0, 0.1) is 11.8 Å². The van der Waals surface area contributed by atoms with E-state index in [1.54, 1.807) is 6.92 Å². The summed E-state index contributed by atoms with van der Waals surface area (Å²) in [6.07, 6.45) is 10.0. The van der Waals surface area contributed by atoms with Gasteiger partial charge in [0.25, 0.3) is 0 Å². The van der Waals surface area contributed by atoms with Gasteiger partial charge in [-0.15, -0.1) is 0 Å². The summed E-state index contributed by atoms with van der Waals surface area (Å²) in [7, 11) is 0. The van der Waals surface area contributed by atoms with Gasteiger partial charge in [0, 0.05) is 13.0 Å². The van der Waals surface area contributed by atoms with Crippen molar-refractivity contribution in [2.24, 2.45) is 11.8 Å². The van der Waals surface area contributed by atoms with Gasteiger partial charge in [-0.2, -0.15) is 0 Å². The van der Waals surface area contributed by atoms with Crippen LogP contribution in [0.1, 0.15) is 84.0 Å². The average molecular weight is 511 g/mol. The van der Waals surface area contributed by atoms with Crippen molar-refractivity contribution in [1.29, 1.82) is 0 Å². The highest BCUT2D eigenvalue weighted by Crippen LogP contribution is 2.27. The first-order chi connectivity index (χ1) is 17.3. The van der Waals surface area contributed by atoms with Crippen molar-refractivity contribution in [2.45, 2.75) is 96.1 Å². The van der Waals surface area contributed by atoms with Gasteiger partial charge in [0.1, 0.15) is 6.04 Å². The normalized spacial score (nSPS) is 18.7. The molecule has 0 aromatic heterocycles. The van der Waals surface area contributed by atoms with Gasteiger partial charge in [0.15, 0.2) is 0 Å². The number of aliphatic hydroxyl groups is 1. The van der Waals surface area contributed by atoms with Gasteiger partial charge < -0.3 is 31.1 Å². The molecule has 10 nitrogen and oxygen atoms in total. The van der Waals surface area contributed by atoms with E-state index in [1.165, 1.54) is 11.3 Å². The number of likely N-dealkylation sites (N-methyl/N-ethyl adjacent to an activating group) is 1. The lowest BCUT2D eigenvalue weighted by molar-refractivity contribution is -0.142. The van der Waals surface area contributed by atoms with Crippen molar-refractivity contribution in [1.82, 2.24) is 20.9 Å². The Kier molecular flexibility index (Phi) is 13.8. The van der Waals surface area contributed by atoms with Gasteiger partial charge in [0.2, 0.25) is 17.7 Å². The summed E-state index contributed by atoms with van der Waals surface area (Å²) >= 11 is 0. The predicted molar refractivity (Wildman–Crippen MR) is 136 cm³/mol. The molecule has 1 aliphatic heterocycles. The largest absolute Gasteiger partial charge is 0.481 e. The molecular formula is C26H46N4O6. The van der Waals surface area contributed by atoms with Crippen LogP contribution in [-0.2, 0) is 19.2 Å². The molecule has 1 heterocycles. The highest BCUT2D eigenvalue weighted by atomic mass is 16.4. The molecule has 0 spiro atoms. The molecule has 1 aliphatic carbocycles. The van der Waals surface area contributed by atoms with Crippen LogP contribution in [0.15, 0.2) is 0 Å². The third-order valence-electron chi connectivity index (χ3n) is 7.47. The monoisotopic (exact) mass is 510 g/mol. The second-order valence-corrected chi connectivity index (χ2v) is 10.3. The third kappa shape index (κ3) is 11.2. The van der Waals surface area contributed by atoms with E-state index >= 15 is 0 Å². The van der Waals surface area contributed by atoms with Gasteiger partial charge >= 0.3 is 5.97 Å². The minimum atomic E-state index is -1.27. The van der Waals surface area contributed by atoms with E-state index in [4.69, 9.17) is 0 Å². The highest BCUT2D eigenvalue weighted by molar-refractivity contribution is 5.92. The molecule has 0 bridgehead atoms. The molecule has 1 saturated heterocycles. The fraction of sp³-hybridized carbons (Fsp3) is 0.846. The molecule has 2 rings (SSSR count).